The number of para-hydroxylation sites is 2. The van der Waals surface area contributed by atoms with Gasteiger partial charge in [-0.3, -0.25) is 9.88 Å². The Hall–Kier alpha value is -3.96. The number of hydrogen-bond donors (Lipinski definition) is 2. The normalized spacial score (nSPS) is 17.1. The standard InChI is InChI=1S/C31H35N9OS/c1-20-15-25(38-30(35-20)36-22-7-3-2-4-8-22)27-17-34-31(42-27)39-28-18-32-23(16-33-28)19-40-13-11-21(12-14-40)29-37-24-9-5-6-10-26(24)41-29/h5-6,9-10,15-18,21-22H,2-4,7-8,11-14,19H2,1H3,(H,33,34,39)(H,35,36,38). The molecule has 2 N–H and O–H groups in total. The third-order valence-corrected chi connectivity index (χ3v) is 9.06. The average molecular weight is 582 g/mol. The number of piperidine rings is 1. The van der Waals surface area contributed by atoms with E-state index in [4.69, 9.17) is 14.4 Å². The van der Waals surface area contributed by atoms with Gasteiger partial charge < -0.3 is 15.1 Å². The number of nitrogens with zero attached hydrogens (tertiary/aromatic N) is 7. The summed E-state index contributed by atoms with van der Waals surface area (Å²) in [5, 5.41) is 7.60. The lowest BCUT2D eigenvalue weighted by atomic mass is 9.96. The summed E-state index contributed by atoms with van der Waals surface area (Å²) in [6, 6.07) is 10.4. The Labute approximate surface area is 249 Å². The zero-order valence-corrected chi connectivity index (χ0v) is 24.6. The number of nitrogens with one attached hydrogen (secondary N) is 2. The van der Waals surface area contributed by atoms with Gasteiger partial charge in [0.1, 0.15) is 5.52 Å². The lowest BCUT2D eigenvalue weighted by Gasteiger charge is -2.30. The number of aromatic nitrogens is 6. The number of anilines is 3. The maximum atomic E-state index is 6.02. The first-order valence-corrected chi connectivity index (χ1v) is 15.7. The zero-order chi connectivity index (χ0) is 28.3. The Morgan fingerprint density at radius 3 is 2.60 bits per heavy atom. The van der Waals surface area contributed by atoms with E-state index in [0.717, 1.165) is 76.6 Å². The molecule has 0 atom stereocenters. The Morgan fingerprint density at radius 2 is 1.79 bits per heavy atom. The monoisotopic (exact) mass is 581 g/mol. The van der Waals surface area contributed by atoms with Gasteiger partial charge in [-0.2, -0.15) is 0 Å². The van der Waals surface area contributed by atoms with Crippen LogP contribution in [0.2, 0.25) is 0 Å². The Kier molecular flexibility index (Phi) is 7.76. The van der Waals surface area contributed by atoms with E-state index in [9.17, 15) is 0 Å². The SMILES string of the molecule is Cc1cc(-c2cnc(Nc3cnc(CN4CCC(c5nc6ccccc6o5)CC4)cn3)s2)nc(NC2CCCCC2)n1. The summed E-state index contributed by atoms with van der Waals surface area (Å²) in [5.74, 6) is 2.60. The van der Waals surface area contributed by atoms with Crippen LogP contribution in [0.5, 0.6) is 0 Å². The highest BCUT2D eigenvalue weighted by molar-refractivity contribution is 7.18. The van der Waals surface area contributed by atoms with Crippen molar-refractivity contribution in [1.29, 1.82) is 0 Å². The van der Waals surface area contributed by atoms with Gasteiger partial charge in [-0.15, -0.1) is 0 Å². The second-order valence-electron chi connectivity index (χ2n) is 11.3. The quantitative estimate of drug-likeness (QED) is 0.205. The number of likely N-dealkylation sites (tertiary alicyclic amines) is 1. The molecule has 42 heavy (non-hydrogen) atoms. The van der Waals surface area contributed by atoms with Gasteiger partial charge in [0.25, 0.3) is 0 Å². The van der Waals surface area contributed by atoms with Crippen LogP contribution in [-0.2, 0) is 6.54 Å². The molecule has 0 unspecified atom stereocenters. The Bertz CT molecular complexity index is 1600. The molecule has 11 heteroatoms. The number of benzene rings is 1. The van der Waals surface area contributed by atoms with E-state index in [-0.39, 0.29) is 0 Å². The van der Waals surface area contributed by atoms with Crippen molar-refractivity contribution < 1.29 is 4.42 Å². The van der Waals surface area contributed by atoms with Gasteiger partial charge in [0.2, 0.25) is 5.95 Å². The zero-order valence-electron chi connectivity index (χ0n) is 23.8. The van der Waals surface area contributed by atoms with Crippen LogP contribution in [0, 0.1) is 6.92 Å². The fourth-order valence-electron chi connectivity index (χ4n) is 5.88. The van der Waals surface area contributed by atoms with Crippen molar-refractivity contribution in [3.8, 4) is 10.6 Å². The average Bonchev–Trinajstić information content (AvgIpc) is 3.66. The molecule has 0 amide bonds. The largest absolute Gasteiger partial charge is 0.440 e. The molecule has 10 nitrogen and oxygen atoms in total. The van der Waals surface area contributed by atoms with E-state index in [0.29, 0.717) is 23.7 Å². The highest BCUT2D eigenvalue weighted by atomic mass is 32.1. The molecule has 5 heterocycles. The van der Waals surface area contributed by atoms with Crippen molar-refractivity contribution in [3.05, 3.63) is 66.2 Å². The minimum absolute atomic E-state index is 0.362. The number of rotatable bonds is 8. The highest BCUT2D eigenvalue weighted by Crippen LogP contribution is 2.32. The second kappa shape index (κ2) is 12.1. The minimum Gasteiger partial charge on any atom is -0.440 e. The van der Waals surface area contributed by atoms with Crippen molar-refractivity contribution >= 4 is 39.3 Å². The predicted molar refractivity (Wildman–Crippen MR) is 165 cm³/mol. The molecule has 1 aliphatic carbocycles. The summed E-state index contributed by atoms with van der Waals surface area (Å²) in [7, 11) is 0. The molecule has 2 aliphatic rings. The van der Waals surface area contributed by atoms with E-state index in [1.807, 2.05) is 49.6 Å². The second-order valence-corrected chi connectivity index (χ2v) is 12.3. The van der Waals surface area contributed by atoms with Crippen LogP contribution >= 0.6 is 11.3 Å². The van der Waals surface area contributed by atoms with Crippen LogP contribution in [0.3, 0.4) is 0 Å². The van der Waals surface area contributed by atoms with Crippen LogP contribution in [0.25, 0.3) is 21.7 Å². The van der Waals surface area contributed by atoms with Crippen LogP contribution in [0.4, 0.5) is 16.9 Å². The van der Waals surface area contributed by atoms with Crippen LogP contribution in [0.1, 0.15) is 68.1 Å². The summed E-state index contributed by atoms with van der Waals surface area (Å²) in [4.78, 5) is 31.4. The number of fused-ring (bicyclic) bond motifs is 1. The smallest absolute Gasteiger partial charge is 0.223 e. The summed E-state index contributed by atoms with van der Waals surface area (Å²) in [6.45, 7) is 4.74. The van der Waals surface area contributed by atoms with Crippen molar-refractivity contribution in [2.45, 2.75) is 70.4 Å². The first-order chi connectivity index (χ1) is 20.6. The number of oxazole rings is 1. The van der Waals surface area contributed by atoms with Crippen molar-refractivity contribution in [2.24, 2.45) is 0 Å². The van der Waals surface area contributed by atoms with E-state index in [1.54, 1.807) is 17.5 Å². The lowest BCUT2D eigenvalue weighted by molar-refractivity contribution is 0.192. The first kappa shape index (κ1) is 26.9. The fraction of sp³-hybridized carbons (Fsp3) is 0.419. The van der Waals surface area contributed by atoms with Crippen LogP contribution in [-0.4, -0.2) is 53.9 Å². The maximum Gasteiger partial charge on any atom is 0.223 e. The van der Waals surface area contributed by atoms with Gasteiger partial charge in [-0.05, 0) is 63.9 Å². The molecule has 216 valence electrons. The van der Waals surface area contributed by atoms with E-state index < -0.39 is 0 Å². The summed E-state index contributed by atoms with van der Waals surface area (Å²) < 4.78 is 6.02. The van der Waals surface area contributed by atoms with Gasteiger partial charge in [-0.1, -0.05) is 42.7 Å². The topological polar surface area (TPSA) is 118 Å². The molecule has 1 saturated carbocycles. The molecule has 1 saturated heterocycles. The Balaban J connectivity index is 0.931. The molecule has 7 rings (SSSR count). The fourth-order valence-corrected chi connectivity index (χ4v) is 6.67. The molecule has 1 aliphatic heterocycles. The third kappa shape index (κ3) is 6.27. The summed E-state index contributed by atoms with van der Waals surface area (Å²) in [6.07, 6.45) is 13.8. The molecular weight excluding hydrogens is 546 g/mol. The predicted octanol–water partition coefficient (Wildman–Crippen LogP) is 6.71. The molecule has 0 bridgehead atoms. The number of thiazole rings is 1. The highest BCUT2D eigenvalue weighted by Gasteiger charge is 2.25. The van der Waals surface area contributed by atoms with Crippen LogP contribution in [0.15, 0.2) is 53.3 Å². The third-order valence-electron chi connectivity index (χ3n) is 8.12. The summed E-state index contributed by atoms with van der Waals surface area (Å²) in [5.41, 5.74) is 4.59. The van der Waals surface area contributed by atoms with Gasteiger partial charge in [-0.25, -0.2) is 24.9 Å². The van der Waals surface area contributed by atoms with Gasteiger partial charge >= 0.3 is 0 Å². The van der Waals surface area contributed by atoms with Crippen molar-refractivity contribution in [3.63, 3.8) is 0 Å². The van der Waals surface area contributed by atoms with Crippen molar-refractivity contribution in [1.82, 2.24) is 34.8 Å². The van der Waals surface area contributed by atoms with E-state index in [2.05, 4.69) is 35.5 Å². The molecule has 1 aromatic carbocycles. The lowest BCUT2D eigenvalue weighted by Crippen LogP contribution is -2.32. The molecule has 5 aromatic rings. The van der Waals surface area contributed by atoms with E-state index >= 15 is 0 Å². The molecular formula is C31H35N9OS. The molecule has 0 radical (unpaired) electrons. The first-order valence-electron chi connectivity index (χ1n) is 14.9. The van der Waals surface area contributed by atoms with Gasteiger partial charge in [0, 0.05) is 30.4 Å². The minimum atomic E-state index is 0.362. The number of aryl methyl sites for hydroxylation is 1. The molecule has 0 spiro atoms. The number of hydrogen-bond acceptors (Lipinski definition) is 11. The van der Waals surface area contributed by atoms with E-state index in [1.165, 1.54) is 32.1 Å². The van der Waals surface area contributed by atoms with Gasteiger partial charge in [0.15, 0.2) is 22.4 Å². The Morgan fingerprint density at radius 1 is 0.929 bits per heavy atom. The maximum absolute atomic E-state index is 6.02. The van der Waals surface area contributed by atoms with Crippen LogP contribution < -0.4 is 10.6 Å². The molecule has 2 fully saturated rings. The van der Waals surface area contributed by atoms with Gasteiger partial charge in [0.05, 0.1) is 28.7 Å². The summed E-state index contributed by atoms with van der Waals surface area (Å²) >= 11 is 1.55. The van der Waals surface area contributed by atoms with Crippen molar-refractivity contribution in [2.75, 3.05) is 23.7 Å². The molecule has 4 aromatic heterocycles.